The second-order valence-corrected chi connectivity index (χ2v) is 8.59. The first-order chi connectivity index (χ1) is 16.6. The van der Waals surface area contributed by atoms with Crippen molar-refractivity contribution in [3.63, 3.8) is 0 Å². The number of rotatable bonds is 10. The Hall–Kier alpha value is -3.86. The van der Waals surface area contributed by atoms with Crippen molar-refractivity contribution < 1.29 is 14.7 Å². The Balaban J connectivity index is 1.69. The Morgan fingerprint density at radius 2 is 1.62 bits per heavy atom. The van der Waals surface area contributed by atoms with Crippen LogP contribution in [0.25, 0.3) is 10.9 Å². The van der Waals surface area contributed by atoms with Gasteiger partial charge in [0.25, 0.3) is 5.91 Å². The maximum absolute atomic E-state index is 12.4. The lowest BCUT2D eigenvalue weighted by molar-refractivity contribution is -0.136. The van der Waals surface area contributed by atoms with Crippen LogP contribution in [0.2, 0.25) is 0 Å². The molecular weight excluding hydrogens is 424 g/mol. The average Bonchev–Trinajstić information content (AvgIpc) is 3.28. The van der Waals surface area contributed by atoms with Crippen LogP contribution in [-0.4, -0.2) is 28.5 Å². The summed E-state index contributed by atoms with van der Waals surface area (Å²) in [5, 5.41) is 12.7. The van der Waals surface area contributed by atoms with Crippen LogP contribution in [0, 0.1) is 0 Å². The van der Waals surface area contributed by atoms with E-state index >= 15 is 0 Å². The van der Waals surface area contributed by atoms with E-state index in [-0.39, 0.29) is 30.7 Å². The molecule has 0 saturated carbocycles. The third-order valence-corrected chi connectivity index (χ3v) is 6.34. The highest BCUT2D eigenvalue weighted by atomic mass is 16.4. The van der Waals surface area contributed by atoms with Crippen LogP contribution >= 0.6 is 0 Å². The number of amides is 1. The molecule has 4 aromatic rings. The number of aromatic nitrogens is 1. The number of fused-ring (bicyclic) bond motifs is 1. The number of H-pyrrole nitrogens is 1. The van der Waals surface area contributed by atoms with E-state index in [1.807, 2.05) is 36.4 Å². The van der Waals surface area contributed by atoms with Gasteiger partial charge in [0.15, 0.2) is 0 Å². The molecule has 2 atom stereocenters. The molecule has 5 heteroatoms. The first-order valence-corrected chi connectivity index (χ1v) is 11.8. The summed E-state index contributed by atoms with van der Waals surface area (Å²) in [6, 6.07) is 26.8. The number of aromatic amines is 1. The summed E-state index contributed by atoms with van der Waals surface area (Å²) in [6.45, 7) is 2.32. The topological polar surface area (TPSA) is 82.2 Å². The molecule has 34 heavy (non-hydrogen) atoms. The molecule has 5 nitrogen and oxygen atoms in total. The summed E-state index contributed by atoms with van der Waals surface area (Å²) in [5.41, 5.74) is 5.38. The summed E-state index contributed by atoms with van der Waals surface area (Å²) in [6.07, 6.45) is 4.08. The molecule has 3 N–H and O–H groups in total. The van der Waals surface area contributed by atoms with E-state index in [0.717, 1.165) is 18.4 Å². The summed E-state index contributed by atoms with van der Waals surface area (Å²) in [7, 11) is 0. The second kappa shape index (κ2) is 10.8. The Morgan fingerprint density at radius 1 is 0.912 bits per heavy atom. The van der Waals surface area contributed by atoms with Crippen LogP contribution in [-0.2, 0) is 4.79 Å². The Morgan fingerprint density at radius 3 is 2.32 bits per heavy atom. The molecule has 0 aliphatic heterocycles. The SMILES string of the molecule is CCCC(c1ccc(C(=O)NCCC(=O)O)cc1)C(c1ccccc1)c1c[nH]c2ccccc12. The second-order valence-electron chi connectivity index (χ2n) is 8.59. The number of hydrogen-bond acceptors (Lipinski definition) is 2. The van der Waals surface area contributed by atoms with Crippen LogP contribution < -0.4 is 5.32 Å². The van der Waals surface area contributed by atoms with Gasteiger partial charge in [-0.3, -0.25) is 9.59 Å². The fourth-order valence-corrected chi connectivity index (χ4v) is 4.74. The maximum atomic E-state index is 12.4. The highest BCUT2D eigenvalue weighted by molar-refractivity contribution is 5.94. The van der Waals surface area contributed by atoms with Crippen molar-refractivity contribution in [1.29, 1.82) is 0 Å². The van der Waals surface area contributed by atoms with Gasteiger partial charge in [0.05, 0.1) is 6.42 Å². The maximum Gasteiger partial charge on any atom is 0.305 e. The number of carbonyl (C=O) groups is 2. The van der Waals surface area contributed by atoms with E-state index in [4.69, 9.17) is 5.11 Å². The lowest BCUT2D eigenvalue weighted by Gasteiger charge is -2.28. The lowest BCUT2D eigenvalue weighted by atomic mass is 9.75. The van der Waals surface area contributed by atoms with Gasteiger partial charge in [-0.2, -0.15) is 0 Å². The van der Waals surface area contributed by atoms with Crippen molar-refractivity contribution in [3.8, 4) is 0 Å². The van der Waals surface area contributed by atoms with E-state index in [0.29, 0.717) is 5.56 Å². The molecule has 0 fully saturated rings. The predicted octanol–water partition coefficient (Wildman–Crippen LogP) is 6.09. The van der Waals surface area contributed by atoms with E-state index in [1.165, 1.54) is 22.1 Å². The van der Waals surface area contributed by atoms with E-state index in [2.05, 4.69) is 65.9 Å². The summed E-state index contributed by atoms with van der Waals surface area (Å²) in [5.74, 6) is -0.790. The number of para-hydroxylation sites is 1. The van der Waals surface area contributed by atoms with Crippen molar-refractivity contribution in [2.24, 2.45) is 0 Å². The van der Waals surface area contributed by atoms with Crippen molar-refractivity contribution in [1.82, 2.24) is 10.3 Å². The molecule has 1 heterocycles. The Bertz CT molecular complexity index is 1250. The third-order valence-electron chi connectivity index (χ3n) is 6.34. The van der Waals surface area contributed by atoms with Crippen LogP contribution in [0.3, 0.4) is 0 Å². The monoisotopic (exact) mass is 454 g/mol. The van der Waals surface area contributed by atoms with Gasteiger partial charge in [-0.1, -0.05) is 74.0 Å². The molecule has 0 spiro atoms. The Kier molecular flexibility index (Phi) is 7.43. The number of nitrogens with one attached hydrogen (secondary N) is 2. The molecule has 0 aliphatic rings. The molecular formula is C29H30N2O3. The number of carbonyl (C=O) groups excluding carboxylic acids is 1. The van der Waals surface area contributed by atoms with Gasteiger partial charge in [-0.15, -0.1) is 0 Å². The molecule has 2 unspecified atom stereocenters. The number of aliphatic carboxylic acids is 1. The lowest BCUT2D eigenvalue weighted by Crippen LogP contribution is -2.26. The van der Waals surface area contributed by atoms with Crippen LogP contribution in [0.1, 0.15) is 65.1 Å². The molecule has 1 amide bonds. The highest BCUT2D eigenvalue weighted by Gasteiger charge is 2.28. The summed E-state index contributed by atoms with van der Waals surface area (Å²) < 4.78 is 0. The Labute approximate surface area is 199 Å². The smallest absolute Gasteiger partial charge is 0.305 e. The van der Waals surface area contributed by atoms with Gasteiger partial charge in [0.2, 0.25) is 0 Å². The summed E-state index contributed by atoms with van der Waals surface area (Å²) >= 11 is 0. The van der Waals surface area contributed by atoms with Gasteiger partial charge in [-0.05, 0) is 47.2 Å². The zero-order valence-electron chi connectivity index (χ0n) is 19.3. The van der Waals surface area contributed by atoms with Crippen LogP contribution in [0.5, 0.6) is 0 Å². The normalized spacial score (nSPS) is 12.9. The third kappa shape index (κ3) is 5.20. The molecule has 174 valence electrons. The number of benzene rings is 3. The van der Waals surface area contributed by atoms with E-state index in [9.17, 15) is 9.59 Å². The predicted molar refractivity (Wildman–Crippen MR) is 135 cm³/mol. The first kappa shape index (κ1) is 23.3. The van der Waals surface area contributed by atoms with Crippen molar-refractivity contribution >= 4 is 22.8 Å². The largest absolute Gasteiger partial charge is 0.481 e. The molecule has 0 aliphatic carbocycles. The van der Waals surface area contributed by atoms with Gasteiger partial charge >= 0.3 is 5.97 Å². The minimum Gasteiger partial charge on any atom is -0.481 e. The van der Waals surface area contributed by atoms with Crippen LogP contribution in [0.4, 0.5) is 0 Å². The number of carboxylic acid groups (broad SMARTS) is 1. The van der Waals surface area contributed by atoms with Gasteiger partial charge < -0.3 is 15.4 Å². The molecule has 1 aromatic heterocycles. The van der Waals surface area contributed by atoms with Crippen molar-refractivity contribution in [3.05, 3.63) is 107 Å². The fourth-order valence-electron chi connectivity index (χ4n) is 4.74. The van der Waals surface area contributed by atoms with Gasteiger partial charge in [0.1, 0.15) is 0 Å². The summed E-state index contributed by atoms with van der Waals surface area (Å²) in [4.78, 5) is 26.6. The molecule has 0 saturated heterocycles. The molecule has 0 radical (unpaired) electrons. The first-order valence-electron chi connectivity index (χ1n) is 11.8. The molecule has 4 rings (SSSR count). The fraction of sp³-hybridized carbons (Fsp3) is 0.241. The minimum absolute atomic E-state index is 0.0915. The van der Waals surface area contributed by atoms with Gasteiger partial charge in [-0.25, -0.2) is 0 Å². The number of hydrogen-bond donors (Lipinski definition) is 3. The van der Waals surface area contributed by atoms with Crippen LogP contribution in [0.15, 0.2) is 85.1 Å². The quantitative estimate of drug-likeness (QED) is 0.271. The molecule has 3 aromatic carbocycles. The standard InChI is InChI=1S/C29H30N2O3/c1-2-8-23(20-13-15-22(16-14-20)29(34)30-18-17-27(32)33)28(21-9-4-3-5-10-21)25-19-31-26-12-7-6-11-24(25)26/h3-7,9-16,19,23,28,31H,2,8,17-18H2,1H3,(H,30,34)(H,32,33). The van der Waals surface area contributed by atoms with E-state index < -0.39 is 5.97 Å². The highest BCUT2D eigenvalue weighted by Crippen LogP contribution is 2.43. The number of carboxylic acids is 1. The zero-order chi connectivity index (χ0) is 23.9. The van der Waals surface area contributed by atoms with Crippen molar-refractivity contribution in [2.75, 3.05) is 6.54 Å². The zero-order valence-corrected chi connectivity index (χ0v) is 19.3. The molecule has 0 bridgehead atoms. The van der Waals surface area contributed by atoms with E-state index in [1.54, 1.807) is 0 Å². The average molecular weight is 455 g/mol. The minimum atomic E-state index is -0.928. The van der Waals surface area contributed by atoms with Crippen molar-refractivity contribution in [2.45, 2.75) is 38.0 Å². The van der Waals surface area contributed by atoms with Gasteiger partial charge in [0, 0.05) is 35.1 Å².